The quantitative estimate of drug-likeness (QED) is 0.753. The first-order chi connectivity index (χ1) is 8.65. The molecule has 0 radical (unpaired) electrons. The molecule has 0 aromatic heterocycles. The molecular formula is C15H21NO2. The van der Waals surface area contributed by atoms with Crippen LogP contribution in [0, 0.1) is 0 Å². The number of phenolic OH excluding ortho intramolecular Hbond substituents is 1. The largest absolute Gasteiger partial charge is 0.508 e. The summed E-state index contributed by atoms with van der Waals surface area (Å²) in [6.45, 7) is 6.96. The number of aromatic hydroxyl groups is 1. The average Bonchev–Trinajstić information content (AvgIpc) is 2.39. The molecule has 1 rings (SSSR count). The minimum Gasteiger partial charge on any atom is -0.508 e. The van der Waals surface area contributed by atoms with Crippen LogP contribution in [0.4, 0.5) is 0 Å². The van der Waals surface area contributed by atoms with Crippen molar-refractivity contribution in [2.24, 2.45) is 0 Å². The van der Waals surface area contributed by atoms with Crippen molar-refractivity contribution in [3.05, 3.63) is 35.9 Å². The number of carbonyl (C=O) groups is 1. The second kappa shape index (κ2) is 7.67. The van der Waals surface area contributed by atoms with E-state index >= 15 is 0 Å². The lowest BCUT2D eigenvalue weighted by Crippen LogP contribution is -2.25. The summed E-state index contributed by atoms with van der Waals surface area (Å²) in [5.41, 5.74) is 0.920. The fourth-order valence-electron chi connectivity index (χ4n) is 1.67. The Balaban J connectivity index is 2.42. The SMILES string of the molecule is CCN(CC)CCC(=O)/C=C/c1ccc(O)cc1. The minimum absolute atomic E-state index is 0.134. The molecule has 3 nitrogen and oxygen atoms in total. The van der Waals surface area contributed by atoms with E-state index in [2.05, 4.69) is 18.7 Å². The average molecular weight is 247 g/mol. The first kappa shape index (κ1) is 14.5. The Labute approximate surface area is 109 Å². The number of carbonyl (C=O) groups excluding carboxylic acids is 1. The molecule has 1 N–H and O–H groups in total. The third-order valence-corrected chi connectivity index (χ3v) is 2.92. The molecule has 1 aromatic carbocycles. The van der Waals surface area contributed by atoms with Crippen molar-refractivity contribution in [2.45, 2.75) is 20.3 Å². The highest BCUT2D eigenvalue weighted by atomic mass is 16.3. The molecule has 0 aliphatic carbocycles. The highest BCUT2D eigenvalue weighted by molar-refractivity contribution is 5.93. The normalized spacial score (nSPS) is 11.3. The van der Waals surface area contributed by atoms with Crippen LogP contribution >= 0.6 is 0 Å². The summed E-state index contributed by atoms with van der Waals surface area (Å²) >= 11 is 0. The summed E-state index contributed by atoms with van der Waals surface area (Å²) in [5, 5.41) is 9.14. The van der Waals surface area contributed by atoms with Crippen molar-refractivity contribution in [1.82, 2.24) is 4.90 Å². The van der Waals surface area contributed by atoms with Gasteiger partial charge in [0.2, 0.25) is 0 Å². The van der Waals surface area contributed by atoms with Crippen molar-refractivity contribution in [3.63, 3.8) is 0 Å². The number of phenols is 1. The van der Waals surface area contributed by atoms with Crippen LogP contribution in [0.5, 0.6) is 5.75 Å². The standard InChI is InChI=1S/C15H21NO2/c1-3-16(4-2)12-11-15(18)10-7-13-5-8-14(17)9-6-13/h5-10,17H,3-4,11-12H2,1-2H3/b10-7+. The van der Waals surface area contributed by atoms with E-state index in [1.807, 2.05) is 0 Å². The summed E-state index contributed by atoms with van der Waals surface area (Å²) < 4.78 is 0. The molecule has 0 saturated carbocycles. The van der Waals surface area contributed by atoms with Gasteiger partial charge in [-0.2, -0.15) is 0 Å². The molecule has 0 atom stereocenters. The monoisotopic (exact) mass is 247 g/mol. The van der Waals surface area contributed by atoms with Crippen LogP contribution in [0.1, 0.15) is 25.8 Å². The molecule has 0 unspecified atom stereocenters. The van der Waals surface area contributed by atoms with Crippen LogP contribution in [-0.4, -0.2) is 35.4 Å². The Morgan fingerprint density at radius 3 is 2.39 bits per heavy atom. The van der Waals surface area contributed by atoms with Crippen molar-refractivity contribution in [2.75, 3.05) is 19.6 Å². The summed E-state index contributed by atoms with van der Waals surface area (Å²) in [7, 11) is 0. The topological polar surface area (TPSA) is 40.5 Å². The molecule has 0 amide bonds. The Bertz CT molecular complexity index is 391. The lowest BCUT2D eigenvalue weighted by atomic mass is 10.1. The van der Waals surface area contributed by atoms with Gasteiger partial charge in [-0.3, -0.25) is 4.79 Å². The van der Waals surface area contributed by atoms with E-state index in [0.717, 1.165) is 25.2 Å². The zero-order chi connectivity index (χ0) is 13.4. The van der Waals surface area contributed by atoms with E-state index in [1.165, 1.54) is 0 Å². The highest BCUT2D eigenvalue weighted by Crippen LogP contribution is 2.10. The maximum absolute atomic E-state index is 11.7. The van der Waals surface area contributed by atoms with Gasteiger partial charge in [0.05, 0.1) is 0 Å². The van der Waals surface area contributed by atoms with E-state index in [9.17, 15) is 4.79 Å². The molecule has 0 aliphatic rings. The molecular weight excluding hydrogens is 226 g/mol. The number of allylic oxidation sites excluding steroid dienone is 1. The van der Waals surface area contributed by atoms with Gasteiger partial charge in [0, 0.05) is 13.0 Å². The highest BCUT2D eigenvalue weighted by Gasteiger charge is 2.02. The molecule has 3 heteroatoms. The molecule has 18 heavy (non-hydrogen) atoms. The van der Waals surface area contributed by atoms with E-state index < -0.39 is 0 Å². The molecule has 0 bridgehead atoms. The van der Waals surface area contributed by atoms with Crippen LogP contribution in [0.25, 0.3) is 6.08 Å². The molecule has 0 saturated heterocycles. The molecule has 0 spiro atoms. The molecule has 98 valence electrons. The van der Waals surface area contributed by atoms with Gasteiger partial charge in [-0.05, 0) is 36.9 Å². The van der Waals surface area contributed by atoms with Gasteiger partial charge in [0.15, 0.2) is 5.78 Å². The van der Waals surface area contributed by atoms with Gasteiger partial charge in [0.1, 0.15) is 5.75 Å². The number of hydrogen-bond acceptors (Lipinski definition) is 3. The van der Waals surface area contributed by atoms with E-state index in [4.69, 9.17) is 5.11 Å². The second-order valence-electron chi connectivity index (χ2n) is 4.17. The first-order valence-corrected chi connectivity index (χ1v) is 6.38. The first-order valence-electron chi connectivity index (χ1n) is 6.38. The number of benzene rings is 1. The lowest BCUT2D eigenvalue weighted by Gasteiger charge is -2.16. The van der Waals surface area contributed by atoms with Crippen LogP contribution in [0.3, 0.4) is 0 Å². The summed E-state index contributed by atoms with van der Waals surface area (Å²) in [4.78, 5) is 13.9. The van der Waals surface area contributed by atoms with Gasteiger partial charge < -0.3 is 10.0 Å². The minimum atomic E-state index is 0.134. The zero-order valence-electron chi connectivity index (χ0n) is 11.1. The third-order valence-electron chi connectivity index (χ3n) is 2.92. The van der Waals surface area contributed by atoms with Gasteiger partial charge in [-0.1, -0.05) is 32.1 Å². The van der Waals surface area contributed by atoms with E-state index in [1.54, 1.807) is 36.4 Å². The summed E-state index contributed by atoms with van der Waals surface area (Å²) in [5.74, 6) is 0.370. The van der Waals surface area contributed by atoms with Gasteiger partial charge >= 0.3 is 0 Å². The fourth-order valence-corrected chi connectivity index (χ4v) is 1.67. The zero-order valence-corrected chi connectivity index (χ0v) is 11.1. The van der Waals surface area contributed by atoms with Crippen LogP contribution in [0.2, 0.25) is 0 Å². The molecule has 0 fully saturated rings. The number of nitrogens with zero attached hydrogens (tertiary/aromatic N) is 1. The summed E-state index contributed by atoms with van der Waals surface area (Å²) in [6.07, 6.45) is 3.94. The Morgan fingerprint density at radius 1 is 1.22 bits per heavy atom. The fraction of sp³-hybridized carbons (Fsp3) is 0.400. The van der Waals surface area contributed by atoms with Gasteiger partial charge in [-0.15, -0.1) is 0 Å². The number of ketones is 1. The number of hydrogen-bond donors (Lipinski definition) is 1. The third kappa shape index (κ3) is 5.15. The Hall–Kier alpha value is -1.61. The van der Waals surface area contributed by atoms with Crippen LogP contribution in [0.15, 0.2) is 30.3 Å². The van der Waals surface area contributed by atoms with Crippen molar-refractivity contribution in [3.8, 4) is 5.75 Å². The molecule has 0 aliphatic heterocycles. The van der Waals surface area contributed by atoms with Gasteiger partial charge in [0.25, 0.3) is 0 Å². The van der Waals surface area contributed by atoms with Crippen molar-refractivity contribution < 1.29 is 9.90 Å². The predicted octanol–water partition coefficient (Wildman–Crippen LogP) is 2.71. The van der Waals surface area contributed by atoms with Crippen molar-refractivity contribution >= 4 is 11.9 Å². The van der Waals surface area contributed by atoms with Crippen LogP contribution in [-0.2, 0) is 4.79 Å². The molecule has 0 heterocycles. The van der Waals surface area contributed by atoms with E-state index in [-0.39, 0.29) is 11.5 Å². The summed E-state index contributed by atoms with van der Waals surface area (Å²) in [6, 6.07) is 6.78. The van der Waals surface area contributed by atoms with Gasteiger partial charge in [-0.25, -0.2) is 0 Å². The smallest absolute Gasteiger partial charge is 0.156 e. The maximum atomic E-state index is 11.7. The molecule has 1 aromatic rings. The Kier molecular flexibility index (Phi) is 6.15. The van der Waals surface area contributed by atoms with E-state index in [0.29, 0.717) is 6.42 Å². The second-order valence-corrected chi connectivity index (χ2v) is 4.17. The lowest BCUT2D eigenvalue weighted by molar-refractivity contribution is -0.114. The maximum Gasteiger partial charge on any atom is 0.156 e. The Morgan fingerprint density at radius 2 is 1.83 bits per heavy atom. The van der Waals surface area contributed by atoms with Crippen molar-refractivity contribution in [1.29, 1.82) is 0 Å². The van der Waals surface area contributed by atoms with Crippen LogP contribution < -0.4 is 0 Å². The number of rotatable bonds is 7. The predicted molar refractivity (Wildman–Crippen MR) is 74.6 cm³/mol.